The number of hydrogen-bond donors (Lipinski definition) is 1. The lowest BCUT2D eigenvalue weighted by Crippen LogP contribution is -2.07. The van der Waals surface area contributed by atoms with E-state index in [0.717, 1.165) is 18.0 Å². The maximum absolute atomic E-state index is 5.70. The Bertz CT molecular complexity index is 452. The number of pyridine rings is 1. The minimum atomic E-state index is 0.448. The predicted molar refractivity (Wildman–Crippen MR) is 60.9 cm³/mol. The molecule has 84 valence electrons. The lowest BCUT2D eigenvalue weighted by molar-refractivity contribution is 0.294. The van der Waals surface area contributed by atoms with Crippen molar-refractivity contribution in [2.24, 2.45) is 0 Å². The SMILES string of the molecule is CCn1c(COc2cccnc2)cnc1N. The van der Waals surface area contributed by atoms with Crippen LogP contribution in [-0.4, -0.2) is 14.5 Å². The van der Waals surface area contributed by atoms with Crippen LogP contribution in [0.15, 0.2) is 30.7 Å². The molecule has 0 aliphatic heterocycles. The third-order valence-electron chi connectivity index (χ3n) is 2.31. The van der Waals surface area contributed by atoms with Crippen LogP contribution in [0, 0.1) is 0 Å². The van der Waals surface area contributed by atoms with Gasteiger partial charge in [-0.25, -0.2) is 4.98 Å². The zero-order valence-corrected chi connectivity index (χ0v) is 9.13. The standard InChI is InChI=1S/C11H14N4O/c1-2-15-9(6-14-11(15)12)8-16-10-4-3-5-13-7-10/h3-7H,2,8H2,1H3,(H2,12,14). The minimum Gasteiger partial charge on any atom is -0.486 e. The summed E-state index contributed by atoms with van der Waals surface area (Å²) in [5.74, 6) is 1.26. The zero-order chi connectivity index (χ0) is 11.4. The van der Waals surface area contributed by atoms with Crippen LogP contribution in [0.4, 0.5) is 5.95 Å². The van der Waals surface area contributed by atoms with Crippen molar-refractivity contribution in [2.75, 3.05) is 5.73 Å². The normalized spacial score (nSPS) is 10.3. The second-order valence-corrected chi connectivity index (χ2v) is 3.33. The van der Waals surface area contributed by atoms with Gasteiger partial charge in [-0.15, -0.1) is 0 Å². The molecule has 2 rings (SSSR count). The van der Waals surface area contributed by atoms with E-state index >= 15 is 0 Å². The van der Waals surface area contributed by atoms with Crippen LogP contribution >= 0.6 is 0 Å². The summed E-state index contributed by atoms with van der Waals surface area (Å²) < 4.78 is 7.48. The molecule has 0 aliphatic rings. The molecule has 0 unspecified atom stereocenters. The fraction of sp³-hybridized carbons (Fsp3) is 0.273. The lowest BCUT2D eigenvalue weighted by atomic mass is 10.4. The van der Waals surface area contributed by atoms with Gasteiger partial charge >= 0.3 is 0 Å². The first-order chi connectivity index (χ1) is 7.81. The maximum atomic E-state index is 5.70. The highest BCUT2D eigenvalue weighted by Crippen LogP contribution is 2.12. The molecule has 0 radical (unpaired) electrons. The van der Waals surface area contributed by atoms with Crippen molar-refractivity contribution in [1.82, 2.24) is 14.5 Å². The summed E-state index contributed by atoms with van der Waals surface area (Å²) >= 11 is 0. The maximum Gasteiger partial charge on any atom is 0.200 e. The van der Waals surface area contributed by atoms with Crippen molar-refractivity contribution >= 4 is 5.95 Å². The van der Waals surface area contributed by atoms with Crippen LogP contribution in [0.3, 0.4) is 0 Å². The molecule has 0 spiro atoms. The number of anilines is 1. The molecule has 5 nitrogen and oxygen atoms in total. The van der Waals surface area contributed by atoms with E-state index in [4.69, 9.17) is 10.5 Å². The Morgan fingerprint density at radius 1 is 1.44 bits per heavy atom. The predicted octanol–water partition coefficient (Wildman–Crippen LogP) is 1.46. The van der Waals surface area contributed by atoms with Gasteiger partial charge in [-0.1, -0.05) is 0 Å². The van der Waals surface area contributed by atoms with Crippen LogP contribution in [0.5, 0.6) is 5.75 Å². The summed E-state index contributed by atoms with van der Waals surface area (Å²) in [5, 5.41) is 0. The fourth-order valence-corrected chi connectivity index (χ4v) is 1.50. The van der Waals surface area contributed by atoms with Crippen LogP contribution in [0.25, 0.3) is 0 Å². The van der Waals surface area contributed by atoms with Crippen LogP contribution in [0.1, 0.15) is 12.6 Å². The Labute approximate surface area is 93.9 Å². The molecule has 0 atom stereocenters. The van der Waals surface area contributed by atoms with Gasteiger partial charge in [0.05, 0.1) is 18.1 Å². The summed E-state index contributed by atoms with van der Waals surface area (Å²) in [6.07, 6.45) is 5.12. The number of imidazole rings is 1. The molecule has 5 heteroatoms. The van der Waals surface area contributed by atoms with Crippen molar-refractivity contribution < 1.29 is 4.74 Å². The molecule has 0 aromatic carbocycles. The van der Waals surface area contributed by atoms with Crippen LogP contribution < -0.4 is 10.5 Å². The summed E-state index contributed by atoms with van der Waals surface area (Å²) in [6, 6.07) is 3.70. The van der Waals surface area contributed by atoms with Crippen LogP contribution in [-0.2, 0) is 13.2 Å². The second kappa shape index (κ2) is 4.65. The number of ether oxygens (including phenoxy) is 1. The third-order valence-corrected chi connectivity index (χ3v) is 2.31. The first-order valence-electron chi connectivity index (χ1n) is 5.14. The number of hydrogen-bond acceptors (Lipinski definition) is 4. The van der Waals surface area contributed by atoms with Gasteiger partial charge < -0.3 is 15.0 Å². The summed E-state index contributed by atoms with van der Waals surface area (Å²) in [7, 11) is 0. The first-order valence-corrected chi connectivity index (χ1v) is 5.14. The van der Waals surface area contributed by atoms with Gasteiger partial charge in [0.1, 0.15) is 12.4 Å². The second-order valence-electron chi connectivity index (χ2n) is 3.33. The van der Waals surface area contributed by atoms with Crippen LogP contribution in [0.2, 0.25) is 0 Å². The van der Waals surface area contributed by atoms with Crippen molar-refractivity contribution in [3.63, 3.8) is 0 Å². The molecule has 0 amide bonds. The molecule has 0 saturated heterocycles. The van der Waals surface area contributed by atoms with Crippen molar-refractivity contribution in [3.8, 4) is 5.75 Å². The number of nitrogens with two attached hydrogens (primary N) is 1. The molecule has 2 N–H and O–H groups in total. The largest absolute Gasteiger partial charge is 0.486 e. The Hall–Kier alpha value is -2.04. The average Bonchev–Trinajstić information content (AvgIpc) is 2.68. The Balaban J connectivity index is 2.05. The number of rotatable bonds is 4. The molecular formula is C11H14N4O. The van der Waals surface area contributed by atoms with Gasteiger partial charge in [0.2, 0.25) is 0 Å². The van der Waals surface area contributed by atoms with E-state index in [1.807, 2.05) is 23.6 Å². The highest BCUT2D eigenvalue weighted by molar-refractivity contribution is 5.23. The van der Waals surface area contributed by atoms with Gasteiger partial charge in [-0.2, -0.15) is 0 Å². The molecule has 0 aliphatic carbocycles. The Morgan fingerprint density at radius 3 is 3.00 bits per heavy atom. The summed E-state index contributed by atoms with van der Waals surface area (Å²) in [4.78, 5) is 8.02. The topological polar surface area (TPSA) is 66.0 Å². The Morgan fingerprint density at radius 2 is 2.31 bits per heavy atom. The monoisotopic (exact) mass is 218 g/mol. The highest BCUT2D eigenvalue weighted by Gasteiger charge is 2.05. The molecular weight excluding hydrogens is 204 g/mol. The van der Waals surface area contributed by atoms with E-state index in [9.17, 15) is 0 Å². The molecule has 2 aromatic heterocycles. The molecule has 2 heterocycles. The summed E-state index contributed by atoms with van der Waals surface area (Å²) in [6.45, 7) is 3.26. The van der Waals surface area contributed by atoms with Gasteiger partial charge in [0.15, 0.2) is 5.95 Å². The van der Waals surface area contributed by atoms with Gasteiger partial charge in [-0.05, 0) is 19.1 Å². The van der Waals surface area contributed by atoms with E-state index in [1.165, 1.54) is 0 Å². The summed E-state index contributed by atoms with van der Waals surface area (Å²) in [5.41, 5.74) is 6.67. The van der Waals surface area contributed by atoms with E-state index in [-0.39, 0.29) is 0 Å². The third kappa shape index (κ3) is 2.13. The fourth-order valence-electron chi connectivity index (χ4n) is 1.50. The highest BCUT2D eigenvalue weighted by atomic mass is 16.5. The van der Waals surface area contributed by atoms with E-state index in [1.54, 1.807) is 18.6 Å². The van der Waals surface area contributed by atoms with Gasteiger partial charge in [-0.3, -0.25) is 4.98 Å². The molecule has 0 fully saturated rings. The van der Waals surface area contributed by atoms with E-state index in [0.29, 0.717) is 12.6 Å². The molecule has 16 heavy (non-hydrogen) atoms. The first kappa shape index (κ1) is 10.5. The number of nitrogen functional groups attached to an aromatic ring is 1. The van der Waals surface area contributed by atoms with Crippen molar-refractivity contribution in [2.45, 2.75) is 20.1 Å². The van der Waals surface area contributed by atoms with E-state index in [2.05, 4.69) is 9.97 Å². The molecule has 0 saturated carbocycles. The van der Waals surface area contributed by atoms with Crippen molar-refractivity contribution in [1.29, 1.82) is 0 Å². The average molecular weight is 218 g/mol. The quantitative estimate of drug-likeness (QED) is 0.843. The minimum absolute atomic E-state index is 0.448. The molecule has 0 bridgehead atoms. The smallest absolute Gasteiger partial charge is 0.200 e. The number of nitrogens with zero attached hydrogens (tertiary/aromatic N) is 3. The Kier molecular flexibility index (Phi) is 3.05. The van der Waals surface area contributed by atoms with E-state index < -0.39 is 0 Å². The van der Waals surface area contributed by atoms with Gasteiger partial charge in [0.25, 0.3) is 0 Å². The zero-order valence-electron chi connectivity index (χ0n) is 9.13. The molecule has 2 aromatic rings. The number of aromatic nitrogens is 3. The lowest BCUT2D eigenvalue weighted by Gasteiger charge is -2.08. The van der Waals surface area contributed by atoms with Gasteiger partial charge in [0, 0.05) is 12.7 Å². The van der Waals surface area contributed by atoms with Crippen molar-refractivity contribution in [3.05, 3.63) is 36.4 Å².